The zero-order valence-corrected chi connectivity index (χ0v) is 8.64. The molecule has 0 aliphatic heterocycles. The summed E-state index contributed by atoms with van der Waals surface area (Å²) in [6.45, 7) is 3.76. The van der Waals surface area contributed by atoms with E-state index in [9.17, 15) is 0 Å². The van der Waals surface area contributed by atoms with Crippen molar-refractivity contribution in [3.8, 4) is 0 Å². The van der Waals surface area contributed by atoms with Crippen molar-refractivity contribution < 1.29 is 0 Å². The van der Waals surface area contributed by atoms with Crippen molar-refractivity contribution in [1.82, 2.24) is 5.32 Å². The minimum atomic E-state index is 0.238. The molecule has 0 radical (unpaired) electrons. The van der Waals surface area contributed by atoms with Gasteiger partial charge >= 0.3 is 0 Å². The molecular weight excluding hydrogens is 214 g/mol. The molecule has 1 N–H and O–H groups in total. The fourth-order valence-electron chi connectivity index (χ4n) is 1.12. The Morgan fingerprint density at radius 3 is 2.83 bits per heavy atom. The summed E-state index contributed by atoms with van der Waals surface area (Å²) in [5.74, 6) is 0. The van der Waals surface area contributed by atoms with E-state index in [4.69, 9.17) is 0 Å². The predicted molar refractivity (Wildman–Crippen MR) is 56.1 cm³/mol. The van der Waals surface area contributed by atoms with Crippen molar-refractivity contribution in [2.24, 2.45) is 0 Å². The topological polar surface area (TPSA) is 12.0 Å². The van der Waals surface area contributed by atoms with E-state index in [0.717, 1.165) is 4.47 Å². The molecule has 2 heteroatoms. The van der Waals surface area contributed by atoms with Gasteiger partial charge in [-0.15, -0.1) is 6.58 Å². The Bertz CT molecular complexity index is 270. The van der Waals surface area contributed by atoms with Crippen LogP contribution < -0.4 is 5.32 Å². The molecule has 0 fully saturated rings. The third-order valence-corrected chi connectivity index (χ3v) is 2.25. The summed E-state index contributed by atoms with van der Waals surface area (Å²) in [4.78, 5) is 0. The molecule has 1 nitrogen and oxygen atoms in total. The van der Waals surface area contributed by atoms with Gasteiger partial charge in [0.25, 0.3) is 0 Å². The lowest BCUT2D eigenvalue weighted by Crippen LogP contribution is -2.13. The largest absolute Gasteiger partial charge is 0.310 e. The van der Waals surface area contributed by atoms with Gasteiger partial charge in [0.1, 0.15) is 0 Å². The first kappa shape index (κ1) is 9.49. The van der Waals surface area contributed by atoms with Crippen LogP contribution in [0, 0.1) is 0 Å². The summed E-state index contributed by atoms with van der Waals surface area (Å²) in [6, 6.07) is 8.44. The molecule has 0 spiro atoms. The fraction of sp³-hybridized carbons (Fsp3) is 0.200. The van der Waals surface area contributed by atoms with Crippen molar-refractivity contribution >= 4 is 15.9 Å². The molecule has 0 amide bonds. The van der Waals surface area contributed by atoms with Crippen molar-refractivity contribution in [3.05, 3.63) is 47.0 Å². The smallest absolute Gasteiger partial charge is 0.0501 e. The van der Waals surface area contributed by atoms with Gasteiger partial charge in [-0.05, 0) is 24.7 Å². The second-order valence-electron chi connectivity index (χ2n) is 2.56. The first-order valence-electron chi connectivity index (χ1n) is 3.83. The molecule has 0 aliphatic carbocycles. The lowest BCUT2D eigenvalue weighted by molar-refractivity contribution is 0.716. The molecule has 12 heavy (non-hydrogen) atoms. The SMILES string of the molecule is C=CC(NC)c1cccc(Br)c1. The van der Waals surface area contributed by atoms with Crippen LogP contribution in [0.2, 0.25) is 0 Å². The third kappa shape index (κ3) is 2.19. The highest BCUT2D eigenvalue weighted by Crippen LogP contribution is 2.18. The Labute approximate surface area is 81.6 Å². The molecule has 0 aliphatic rings. The average Bonchev–Trinajstić information content (AvgIpc) is 2.07. The van der Waals surface area contributed by atoms with E-state index in [1.807, 2.05) is 25.3 Å². The van der Waals surface area contributed by atoms with Crippen LogP contribution in [-0.4, -0.2) is 7.05 Å². The number of hydrogen-bond acceptors (Lipinski definition) is 1. The minimum absolute atomic E-state index is 0.238. The van der Waals surface area contributed by atoms with E-state index in [2.05, 4.69) is 40.0 Å². The number of rotatable bonds is 3. The maximum atomic E-state index is 3.76. The summed E-state index contributed by atoms with van der Waals surface area (Å²) in [5, 5.41) is 3.16. The number of hydrogen-bond donors (Lipinski definition) is 1. The van der Waals surface area contributed by atoms with Gasteiger partial charge in [-0.25, -0.2) is 0 Å². The van der Waals surface area contributed by atoms with E-state index in [-0.39, 0.29) is 6.04 Å². The molecular formula is C10H12BrN. The zero-order valence-electron chi connectivity index (χ0n) is 7.05. The highest BCUT2D eigenvalue weighted by molar-refractivity contribution is 9.10. The van der Waals surface area contributed by atoms with Gasteiger partial charge in [0.15, 0.2) is 0 Å². The maximum Gasteiger partial charge on any atom is 0.0501 e. The molecule has 0 heterocycles. The Morgan fingerprint density at radius 2 is 2.33 bits per heavy atom. The van der Waals surface area contributed by atoms with Crippen LogP contribution in [0.3, 0.4) is 0 Å². The monoisotopic (exact) mass is 225 g/mol. The first-order valence-corrected chi connectivity index (χ1v) is 4.62. The van der Waals surface area contributed by atoms with Gasteiger partial charge < -0.3 is 5.32 Å². The number of benzene rings is 1. The summed E-state index contributed by atoms with van der Waals surface area (Å²) in [6.07, 6.45) is 1.89. The molecule has 64 valence electrons. The fourth-order valence-corrected chi connectivity index (χ4v) is 1.54. The van der Waals surface area contributed by atoms with Crippen LogP contribution in [0.1, 0.15) is 11.6 Å². The molecule has 1 aromatic carbocycles. The Kier molecular flexibility index (Phi) is 3.50. The summed E-state index contributed by atoms with van der Waals surface area (Å²) < 4.78 is 1.10. The molecule has 0 bridgehead atoms. The average molecular weight is 226 g/mol. The Hall–Kier alpha value is -0.600. The van der Waals surface area contributed by atoms with Crippen molar-refractivity contribution in [3.63, 3.8) is 0 Å². The quantitative estimate of drug-likeness (QED) is 0.781. The second-order valence-corrected chi connectivity index (χ2v) is 3.47. The number of likely N-dealkylation sites (N-methyl/N-ethyl adjacent to an activating group) is 1. The van der Waals surface area contributed by atoms with Crippen LogP contribution in [-0.2, 0) is 0 Å². The molecule has 1 aromatic rings. The van der Waals surface area contributed by atoms with Gasteiger partial charge in [-0.2, -0.15) is 0 Å². The molecule has 0 saturated heterocycles. The van der Waals surface area contributed by atoms with E-state index in [1.54, 1.807) is 0 Å². The van der Waals surface area contributed by atoms with Gasteiger partial charge in [-0.3, -0.25) is 0 Å². The predicted octanol–water partition coefficient (Wildman–Crippen LogP) is 2.90. The molecule has 1 atom stereocenters. The summed E-state index contributed by atoms with van der Waals surface area (Å²) in [5.41, 5.74) is 1.22. The van der Waals surface area contributed by atoms with Crippen LogP contribution in [0.5, 0.6) is 0 Å². The van der Waals surface area contributed by atoms with E-state index < -0.39 is 0 Å². The molecule has 0 aromatic heterocycles. The maximum absolute atomic E-state index is 3.76. The van der Waals surface area contributed by atoms with Crippen LogP contribution in [0.4, 0.5) is 0 Å². The van der Waals surface area contributed by atoms with Crippen LogP contribution in [0.25, 0.3) is 0 Å². The van der Waals surface area contributed by atoms with Crippen LogP contribution in [0.15, 0.2) is 41.4 Å². The third-order valence-electron chi connectivity index (χ3n) is 1.75. The van der Waals surface area contributed by atoms with Crippen LogP contribution >= 0.6 is 15.9 Å². The first-order chi connectivity index (χ1) is 5.77. The van der Waals surface area contributed by atoms with Gasteiger partial charge in [0.05, 0.1) is 6.04 Å². The highest BCUT2D eigenvalue weighted by atomic mass is 79.9. The normalized spacial score (nSPS) is 12.5. The van der Waals surface area contributed by atoms with E-state index in [1.165, 1.54) is 5.56 Å². The number of halogens is 1. The van der Waals surface area contributed by atoms with Crippen molar-refractivity contribution in [2.45, 2.75) is 6.04 Å². The molecule has 0 saturated carbocycles. The van der Waals surface area contributed by atoms with E-state index in [0.29, 0.717) is 0 Å². The summed E-state index contributed by atoms with van der Waals surface area (Å²) in [7, 11) is 1.92. The Balaban J connectivity index is 2.93. The minimum Gasteiger partial charge on any atom is -0.310 e. The highest BCUT2D eigenvalue weighted by Gasteiger charge is 2.02. The van der Waals surface area contributed by atoms with Gasteiger partial charge in [-0.1, -0.05) is 34.1 Å². The zero-order chi connectivity index (χ0) is 8.97. The second kappa shape index (κ2) is 4.43. The van der Waals surface area contributed by atoms with Gasteiger partial charge in [0.2, 0.25) is 0 Å². The summed E-state index contributed by atoms with van der Waals surface area (Å²) >= 11 is 3.43. The van der Waals surface area contributed by atoms with Crippen molar-refractivity contribution in [1.29, 1.82) is 0 Å². The van der Waals surface area contributed by atoms with Gasteiger partial charge in [0, 0.05) is 4.47 Å². The lowest BCUT2D eigenvalue weighted by atomic mass is 10.1. The number of nitrogens with one attached hydrogen (secondary N) is 1. The molecule has 1 unspecified atom stereocenters. The van der Waals surface area contributed by atoms with Crippen molar-refractivity contribution in [2.75, 3.05) is 7.05 Å². The lowest BCUT2D eigenvalue weighted by Gasteiger charge is -2.11. The standard InChI is InChI=1S/C10H12BrN/c1-3-10(12-2)8-5-4-6-9(11)7-8/h3-7,10,12H,1H2,2H3. The molecule has 1 rings (SSSR count). The van der Waals surface area contributed by atoms with E-state index >= 15 is 0 Å². The Morgan fingerprint density at radius 1 is 1.58 bits per heavy atom.